The van der Waals surface area contributed by atoms with Gasteiger partial charge in [-0.25, -0.2) is 0 Å². The Labute approximate surface area is 122 Å². The zero-order chi connectivity index (χ0) is 14.5. The second-order valence-corrected chi connectivity index (χ2v) is 5.59. The first-order valence-corrected chi connectivity index (χ1v) is 7.42. The topological polar surface area (TPSA) is 29.9 Å². The minimum Gasteiger partial charge on any atom is -0.313 e. The number of nitrogens with zero attached hydrogens (tertiary/aromatic N) is 2. The lowest BCUT2D eigenvalue weighted by molar-refractivity contribution is 0.658. The maximum Gasteiger partial charge on any atom is 0.0662 e. The lowest BCUT2D eigenvalue weighted by Crippen LogP contribution is -2.12. The Balaban J connectivity index is 2.08. The molecule has 0 saturated carbocycles. The quantitative estimate of drug-likeness (QED) is 0.872. The Morgan fingerprint density at radius 2 is 1.90 bits per heavy atom. The number of hydrogen-bond donors (Lipinski definition) is 1. The second-order valence-electron chi connectivity index (χ2n) is 5.59. The van der Waals surface area contributed by atoms with Gasteiger partial charge in [-0.3, -0.25) is 4.68 Å². The highest BCUT2D eigenvalue weighted by Gasteiger charge is 2.06. The number of nitrogens with one attached hydrogen (secondary N) is 1. The van der Waals surface area contributed by atoms with E-state index >= 15 is 0 Å². The van der Waals surface area contributed by atoms with Gasteiger partial charge in [0.2, 0.25) is 0 Å². The van der Waals surface area contributed by atoms with E-state index in [2.05, 4.69) is 67.1 Å². The Morgan fingerprint density at radius 3 is 2.50 bits per heavy atom. The molecular formula is C17H25N3. The molecule has 108 valence electrons. The van der Waals surface area contributed by atoms with Crippen molar-refractivity contribution in [2.24, 2.45) is 0 Å². The van der Waals surface area contributed by atoms with Gasteiger partial charge in [-0.15, -0.1) is 0 Å². The van der Waals surface area contributed by atoms with Crippen molar-refractivity contribution in [3.63, 3.8) is 0 Å². The molecular weight excluding hydrogens is 246 g/mol. The molecule has 3 nitrogen and oxygen atoms in total. The number of hydrogen-bond acceptors (Lipinski definition) is 2. The first-order valence-electron chi connectivity index (χ1n) is 7.42. The highest BCUT2D eigenvalue weighted by Crippen LogP contribution is 2.16. The third-order valence-electron chi connectivity index (χ3n) is 3.75. The Morgan fingerprint density at radius 1 is 1.20 bits per heavy atom. The lowest BCUT2D eigenvalue weighted by Gasteiger charge is -2.09. The second kappa shape index (κ2) is 6.71. The van der Waals surface area contributed by atoms with E-state index in [1.54, 1.807) is 0 Å². The van der Waals surface area contributed by atoms with Gasteiger partial charge < -0.3 is 5.32 Å². The van der Waals surface area contributed by atoms with Crippen molar-refractivity contribution in [3.05, 3.63) is 52.8 Å². The fraction of sp³-hybridized carbons (Fsp3) is 0.471. The van der Waals surface area contributed by atoms with E-state index < -0.39 is 0 Å². The molecule has 0 aliphatic rings. The van der Waals surface area contributed by atoms with Crippen LogP contribution in [0.4, 0.5) is 0 Å². The van der Waals surface area contributed by atoms with Crippen molar-refractivity contribution >= 4 is 0 Å². The van der Waals surface area contributed by atoms with Gasteiger partial charge in [0.15, 0.2) is 0 Å². The summed E-state index contributed by atoms with van der Waals surface area (Å²) in [6.45, 7) is 11.4. The van der Waals surface area contributed by atoms with Crippen molar-refractivity contribution in [2.75, 3.05) is 6.54 Å². The van der Waals surface area contributed by atoms with Gasteiger partial charge in [0.1, 0.15) is 0 Å². The van der Waals surface area contributed by atoms with Gasteiger partial charge in [0.05, 0.1) is 12.7 Å². The lowest BCUT2D eigenvalue weighted by atomic mass is 10.0. The molecule has 1 aromatic carbocycles. The first kappa shape index (κ1) is 14.8. The fourth-order valence-corrected chi connectivity index (χ4v) is 2.26. The maximum atomic E-state index is 4.50. The van der Waals surface area contributed by atoms with E-state index in [9.17, 15) is 0 Å². The molecule has 0 atom stereocenters. The summed E-state index contributed by atoms with van der Waals surface area (Å²) in [5.41, 5.74) is 5.22. The molecule has 3 heteroatoms. The molecule has 0 saturated heterocycles. The van der Waals surface area contributed by atoms with Crippen LogP contribution in [-0.4, -0.2) is 16.3 Å². The summed E-state index contributed by atoms with van der Waals surface area (Å²) in [5.74, 6) is 0.585. The minimum absolute atomic E-state index is 0.585. The summed E-state index contributed by atoms with van der Waals surface area (Å²) in [7, 11) is 0. The predicted molar refractivity (Wildman–Crippen MR) is 84.0 cm³/mol. The van der Waals surface area contributed by atoms with Crippen LogP contribution in [0.1, 0.15) is 49.1 Å². The number of benzene rings is 1. The van der Waals surface area contributed by atoms with Crippen LogP contribution >= 0.6 is 0 Å². The highest BCUT2D eigenvalue weighted by atomic mass is 15.3. The normalized spacial score (nSPS) is 11.2. The van der Waals surface area contributed by atoms with Gasteiger partial charge in [-0.05, 0) is 30.5 Å². The summed E-state index contributed by atoms with van der Waals surface area (Å²) in [6, 6.07) is 8.86. The monoisotopic (exact) mass is 271 g/mol. The van der Waals surface area contributed by atoms with E-state index in [1.807, 2.05) is 6.20 Å². The molecule has 0 fully saturated rings. The standard InChI is InChI=1S/C17H25N3/c1-5-18-10-17-11-19-20(14(17)4)12-15-6-8-16(9-7-15)13(2)3/h6-9,11,13,18H,5,10,12H2,1-4H3. The van der Waals surface area contributed by atoms with Crippen LogP contribution in [0.3, 0.4) is 0 Å². The molecule has 0 amide bonds. The molecule has 2 rings (SSSR count). The summed E-state index contributed by atoms with van der Waals surface area (Å²) in [5, 5.41) is 7.85. The van der Waals surface area contributed by atoms with E-state index in [0.717, 1.165) is 19.6 Å². The van der Waals surface area contributed by atoms with Crippen LogP contribution in [0, 0.1) is 6.92 Å². The summed E-state index contributed by atoms with van der Waals surface area (Å²) >= 11 is 0. The molecule has 0 radical (unpaired) electrons. The Hall–Kier alpha value is -1.61. The van der Waals surface area contributed by atoms with Crippen LogP contribution in [0.5, 0.6) is 0 Å². The third-order valence-corrected chi connectivity index (χ3v) is 3.75. The SMILES string of the molecule is CCNCc1cnn(Cc2ccc(C(C)C)cc2)c1C. The van der Waals surface area contributed by atoms with Gasteiger partial charge in [0, 0.05) is 17.8 Å². The van der Waals surface area contributed by atoms with Crippen LogP contribution in [-0.2, 0) is 13.1 Å². The maximum absolute atomic E-state index is 4.50. The van der Waals surface area contributed by atoms with Gasteiger partial charge in [-0.1, -0.05) is 45.0 Å². The molecule has 0 bridgehead atoms. The van der Waals surface area contributed by atoms with Crippen molar-refractivity contribution < 1.29 is 0 Å². The molecule has 0 spiro atoms. The van der Waals surface area contributed by atoms with Crippen molar-refractivity contribution in [3.8, 4) is 0 Å². The van der Waals surface area contributed by atoms with E-state index in [1.165, 1.54) is 22.4 Å². The average Bonchev–Trinajstić information content (AvgIpc) is 2.78. The molecule has 2 aromatic rings. The van der Waals surface area contributed by atoms with E-state index in [0.29, 0.717) is 5.92 Å². The molecule has 0 aliphatic heterocycles. The van der Waals surface area contributed by atoms with Crippen LogP contribution in [0.2, 0.25) is 0 Å². The zero-order valence-electron chi connectivity index (χ0n) is 13.0. The largest absolute Gasteiger partial charge is 0.313 e. The smallest absolute Gasteiger partial charge is 0.0662 e. The summed E-state index contributed by atoms with van der Waals surface area (Å²) in [4.78, 5) is 0. The molecule has 20 heavy (non-hydrogen) atoms. The Bertz CT molecular complexity index is 538. The zero-order valence-corrected chi connectivity index (χ0v) is 13.0. The van der Waals surface area contributed by atoms with Gasteiger partial charge >= 0.3 is 0 Å². The molecule has 1 N–H and O–H groups in total. The minimum atomic E-state index is 0.585. The van der Waals surface area contributed by atoms with Crippen molar-refractivity contribution in [2.45, 2.75) is 46.7 Å². The van der Waals surface area contributed by atoms with Gasteiger partial charge in [-0.2, -0.15) is 5.10 Å². The van der Waals surface area contributed by atoms with Gasteiger partial charge in [0.25, 0.3) is 0 Å². The predicted octanol–water partition coefficient (Wildman–Crippen LogP) is 3.47. The van der Waals surface area contributed by atoms with E-state index in [-0.39, 0.29) is 0 Å². The fourth-order valence-electron chi connectivity index (χ4n) is 2.26. The third kappa shape index (κ3) is 3.48. The van der Waals surface area contributed by atoms with E-state index in [4.69, 9.17) is 0 Å². The highest BCUT2D eigenvalue weighted by molar-refractivity contribution is 5.25. The number of aromatic nitrogens is 2. The molecule has 0 aliphatic carbocycles. The van der Waals surface area contributed by atoms with Crippen molar-refractivity contribution in [1.29, 1.82) is 0 Å². The molecule has 0 unspecified atom stereocenters. The Kier molecular flexibility index (Phi) is 4.96. The van der Waals surface area contributed by atoms with Crippen LogP contribution in [0.15, 0.2) is 30.5 Å². The van der Waals surface area contributed by atoms with Crippen LogP contribution in [0.25, 0.3) is 0 Å². The number of rotatable bonds is 6. The first-order chi connectivity index (χ1) is 9.61. The molecule has 1 aromatic heterocycles. The van der Waals surface area contributed by atoms with Crippen LogP contribution < -0.4 is 5.32 Å². The summed E-state index contributed by atoms with van der Waals surface area (Å²) in [6.07, 6.45) is 1.97. The summed E-state index contributed by atoms with van der Waals surface area (Å²) < 4.78 is 2.08. The van der Waals surface area contributed by atoms with Crippen molar-refractivity contribution in [1.82, 2.24) is 15.1 Å². The average molecular weight is 271 g/mol. The molecule has 1 heterocycles.